The van der Waals surface area contributed by atoms with Gasteiger partial charge in [-0.3, -0.25) is 0 Å². The Morgan fingerprint density at radius 2 is 0.690 bits per heavy atom. The number of fused-ring (bicyclic) bond motifs is 8. The third-order valence-electron chi connectivity index (χ3n) is 11.9. The summed E-state index contributed by atoms with van der Waals surface area (Å²) in [5, 5.41) is 0. The number of benzene rings is 8. The molecule has 0 fully saturated rings. The van der Waals surface area contributed by atoms with Gasteiger partial charge in [0, 0.05) is 34.2 Å². The highest BCUT2D eigenvalue weighted by Gasteiger charge is 2.51. The lowest BCUT2D eigenvalue weighted by atomic mass is 9.57. The van der Waals surface area contributed by atoms with Gasteiger partial charge in [0.2, 0.25) is 0 Å². The van der Waals surface area contributed by atoms with Crippen molar-refractivity contribution in [1.82, 2.24) is 0 Å². The number of rotatable bonds is 2. The molecule has 0 atom stereocenters. The van der Waals surface area contributed by atoms with Gasteiger partial charge < -0.3 is 37.9 Å². The van der Waals surface area contributed by atoms with Crippen LogP contribution in [0.5, 0.6) is 46.0 Å². The molecule has 0 saturated heterocycles. The molecule has 6 aliphatic rings. The van der Waals surface area contributed by atoms with E-state index in [1.54, 1.807) is 0 Å². The van der Waals surface area contributed by atoms with E-state index >= 15 is 0 Å². The van der Waals surface area contributed by atoms with Crippen molar-refractivity contribution in [3.63, 3.8) is 0 Å². The Morgan fingerprint density at radius 1 is 0.310 bits per heavy atom. The van der Waals surface area contributed by atoms with Gasteiger partial charge in [0.1, 0.15) is 23.0 Å². The highest BCUT2D eigenvalue weighted by Crippen LogP contribution is 2.55. The standard InChI is InChI=1S/C48H26B2N2O6/c1-5-14-37-33(10-1)51(34-11-2-6-15-38(34)53-37)27-20-22-29-31-26-32-30-23-21-28(52-35-12-3-7-16-39(35)54-40-17-8-4-13-36(40)52)25-44(30)58-50-48(32)46-45-41(18-9-19-42(45)56-50)55-49(47(31)46)57-43(29)24-27/h1-26H. The van der Waals surface area contributed by atoms with Crippen molar-refractivity contribution < 1.29 is 28.1 Å². The van der Waals surface area contributed by atoms with Crippen molar-refractivity contribution >= 4 is 59.3 Å². The summed E-state index contributed by atoms with van der Waals surface area (Å²) in [7, 11) is -1.34. The molecule has 0 saturated carbocycles. The lowest BCUT2D eigenvalue weighted by molar-refractivity contribution is 0.421. The summed E-state index contributed by atoms with van der Waals surface area (Å²) in [5.74, 6) is 6.08. The first kappa shape index (κ1) is 30.5. The van der Waals surface area contributed by atoms with Crippen LogP contribution in [0.2, 0.25) is 0 Å². The quantitative estimate of drug-likeness (QED) is 0.162. The summed E-state index contributed by atoms with van der Waals surface area (Å²) < 4.78 is 39.8. The van der Waals surface area contributed by atoms with Crippen molar-refractivity contribution in [2.75, 3.05) is 9.80 Å². The first-order valence-electron chi connectivity index (χ1n) is 19.4. The summed E-state index contributed by atoms with van der Waals surface area (Å²) in [6.45, 7) is 0. The molecule has 8 nitrogen and oxygen atoms in total. The minimum Gasteiger partial charge on any atom is -0.521 e. The molecular formula is C48H26B2N2O6. The Kier molecular flexibility index (Phi) is 5.78. The maximum atomic E-state index is 6.88. The number of hydrogen-bond acceptors (Lipinski definition) is 8. The smallest absolute Gasteiger partial charge is 0.521 e. The lowest BCUT2D eigenvalue weighted by Crippen LogP contribution is -2.57. The lowest BCUT2D eigenvalue weighted by Gasteiger charge is -2.40. The predicted molar refractivity (Wildman–Crippen MR) is 226 cm³/mol. The molecule has 0 radical (unpaired) electrons. The molecule has 0 bridgehead atoms. The van der Waals surface area contributed by atoms with Crippen LogP contribution in [0.1, 0.15) is 0 Å². The van der Waals surface area contributed by atoms with E-state index in [9.17, 15) is 0 Å². The van der Waals surface area contributed by atoms with Gasteiger partial charge >= 0.3 is 14.2 Å². The molecule has 6 aliphatic heterocycles. The van der Waals surface area contributed by atoms with Gasteiger partial charge in [0.05, 0.1) is 39.7 Å². The summed E-state index contributed by atoms with van der Waals surface area (Å²) in [5.41, 5.74) is 13.8. The van der Waals surface area contributed by atoms with Crippen LogP contribution < -0.4 is 48.8 Å². The zero-order chi connectivity index (χ0) is 37.6. The van der Waals surface area contributed by atoms with E-state index in [4.69, 9.17) is 28.1 Å². The fraction of sp³-hybridized carbons (Fsp3) is 0. The topological polar surface area (TPSA) is 61.9 Å². The van der Waals surface area contributed by atoms with Crippen molar-refractivity contribution in [2.45, 2.75) is 0 Å². The Labute approximate surface area is 333 Å². The Balaban J connectivity index is 0.961. The maximum Gasteiger partial charge on any atom is 0.633 e. The fourth-order valence-corrected chi connectivity index (χ4v) is 9.52. The highest BCUT2D eigenvalue weighted by atomic mass is 16.6. The molecule has 8 aromatic rings. The second-order valence-corrected chi connectivity index (χ2v) is 15.0. The average molecular weight is 748 g/mol. The molecule has 0 aliphatic carbocycles. The van der Waals surface area contributed by atoms with Crippen LogP contribution in [-0.4, -0.2) is 14.2 Å². The molecule has 0 N–H and O–H groups in total. The van der Waals surface area contributed by atoms with Gasteiger partial charge in [0.15, 0.2) is 23.0 Å². The van der Waals surface area contributed by atoms with Gasteiger partial charge in [-0.15, -0.1) is 0 Å². The van der Waals surface area contributed by atoms with Gasteiger partial charge in [-0.1, -0.05) is 54.6 Å². The summed E-state index contributed by atoms with van der Waals surface area (Å²) in [4.78, 5) is 4.46. The third-order valence-corrected chi connectivity index (χ3v) is 11.9. The Morgan fingerprint density at radius 3 is 1.12 bits per heavy atom. The highest BCUT2D eigenvalue weighted by molar-refractivity contribution is 6.74. The maximum absolute atomic E-state index is 6.88. The predicted octanol–water partition coefficient (Wildman–Crippen LogP) is 10.8. The van der Waals surface area contributed by atoms with E-state index in [2.05, 4.69) is 76.5 Å². The molecule has 0 spiro atoms. The normalized spacial score (nSPS) is 14.6. The summed E-state index contributed by atoms with van der Waals surface area (Å²) in [6.07, 6.45) is 0. The van der Waals surface area contributed by atoms with Crippen molar-refractivity contribution in [3.05, 3.63) is 158 Å². The zero-order valence-electron chi connectivity index (χ0n) is 30.5. The van der Waals surface area contributed by atoms with Crippen molar-refractivity contribution in [1.29, 1.82) is 0 Å². The molecule has 0 aromatic heterocycles. The second-order valence-electron chi connectivity index (χ2n) is 15.0. The summed E-state index contributed by atoms with van der Waals surface area (Å²) >= 11 is 0. The zero-order valence-corrected chi connectivity index (χ0v) is 30.5. The molecule has 0 unspecified atom stereocenters. The minimum absolute atomic E-state index is 0.672. The number of hydrogen-bond donors (Lipinski definition) is 0. The van der Waals surface area contributed by atoms with E-state index in [0.717, 1.165) is 113 Å². The van der Waals surface area contributed by atoms with Crippen LogP contribution in [0, 0.1) is 0 Å². The number of ether oxygens (including phenoxy) is 2. The third kappa shape index (κ3) is 4.00. The van der Waals surface area contributed by atoms with Gasteiger partial charge in [-0.2, -0.15) is 0 Å². The molecular weight excluding hydrogens is 722 g/mol. The first-order valence-corrected chi connectivity index (χ1v) is 19.4. The Bertz CT molecular complexity index is 2860. The molecule has 14 rings (SSSR count). The molecule has 58 heavy (non-hydrogen) atoms. The van der Waals surface area contributed by atoms with Gasteiger partial charge in [-0.05, 0) is 108 Å². The molecule has 8 aromatic carbocycles. The SMILES string of the molecule is c1ccc2c(c1)Oc1ccccc1N2c1ccc2c(c1)OB1Oc3cccc4c3-c3c1c-2cc1c3B(Oc2cc(N3c5ccccc5Oc5ccccc53)ccc2-1)O4. The number of nitrogens with zero attached hydrogens (tertiary/aromatic N) is 2. The van der Waals surface area contributed by atoms with E-state index in [1.807, 2.05) is 91.0 Å². The van der Waals surface area contributed by atoms with Gasteiger partial charge in [0.25, 0.3) is 0 Å². The molecule has 0 amide bonds. The Hall–Kier alpha value is -7.71. The van der Waals surface area contributed by atoms with E-state index in [0.29, 0.717) is 11.5 Å². The van der Waals surface area contributed by atoms with Crippen molar-refractivity contribution in [3.8, 4) is 79.4 Å². The van der Waals surface area contributed by atoms with Crippen LogP contribution in [0.4, 0.5) is 34.1 Å². The van der Waals surface area contributed by atoms with E-state index in [1.165, 1.54) is 0 Å². The number of para-hydroxylation sites is 8. The van der Waals surface area contributed by atoms with Crippen molar-refractivity contribution in [2.24, 2.45) is 0 Å². The molecule has 6 heterocycles. The van der Waals surface area contributed by atoms with Crippen LogP contribution in [-0.2, 0) is 0 Å². The van der Waals surface area contributed by atoms with Crippen LogP contribution in [0.3, 0.4) is 0 Å². The monoisotopic (exact) mass is 748 g/mol. The van der Waals surface area contributed by atoms with Crippen LogP contribution in [0.15, 0.2) is 158 Å². The molecule has 10 heteroatoms. The first-order chi connectivity index (χ1) is 28.7. The second kappa shape index (κ2) is 11.0. The van der Waals surface area contributed by atoms with E-state index in [-0.39, 0.29) is 0 Å². The number of anilines is 6. The summed E-state index contributed by atoms with van der Waals surface area (Å²) in [6, 6.07) is 53.5. The average Bonchev–Trinajstić information content (AvgIpc) is 3.27. The van der Waals surface area contributed by atoms with Gasteiger partial charge in [-0.25, -0.2) is 0 Å². The van der Waals surface area contributed by atoms with Crippen LogP contribution >= 0.6 is 0 Å². The van der Waals surface area contributed by atoms with E-state index < -0.39 is 14.2 Å². The largest absolute Gasteiger partial charge is 0.633 e. The minimum atomic E-state index is -0.672. The fourth-order valence-electron chi connectivity index (χ4n) is 9.52. The van der Waals surface area contributed by atoms with Crippen LogP contribution in [0.25, 0.3) is 33.4 Å². The molecule has 270 valence electrons.